The van der Waals surface area contributed by atoms with Gasteiger partial charge in [-0.25, -0.2) is 0 Å². The Morgan fingerprint density at radius 2 is 1.94 bits per heavy atom. The minimum atomic E-state index is -0.178. The molecule has 2 fully saturated rings. The number of carbonyl (C=O) groups excluding carboxylic acids is 1. The van der Waals surface area contributed by atoms with Gasteiger partial charge in [0.25, 0.3) is 0 Å². The number of nitrogens with one attached hydrogen (secondary N) is 1. The van der Waals surface area contributed by atoms with Crippen molar-refractivity contribution in [2.24, 2.45) is 0 Å². The quantitative estimate of drug-likeness (QED) is 0.719. The maximum atomic E-state index is 11.3. The molecule has 1 N–H and O–H groups in total. The third-order valence-electron chi connectivity index (χ3n) is 3.63. The lowest BCUT2D eigenvalue weighted by molar-refractivity contribution is -0.142. The molecule has 16 heavy (non-hydrogen) atoms. The standard InChI is InChI=1S/C12H22N2O2/c1-9(12(15)16-2)13-10-5-7-14(8-6-10)11-3-4-11/h9-11,13H,3-8H2,1-2H3. The van der Waals surface area contributed by atoms with E-state index >= 15 is 0 Å². The molecule has 1 atom stereocenters. The number of piperidine rings is 1. The Hall–Kier alpha value is -0.610. The number of carbonyl (C=O) groups is 1. The van der Waals surface area contributed by atoms with Crippen LogP contribution in [0.15, 0.2) is 0 Å². The summed E-state index contributed by atoms with van der Waals surface area (Å²) in [4.78, 5) is 13.9. The Bertz CT molecular complexity index is 245. The molecule has 0 aromatic carbocycles. The molecule has 0 bridgehead atoms. The van der Waals surface area contributed by atoms with Gasteiger partial charge in [0.05, 0.1) is 7.11 Å². The number of rotatable bonds is 4. The van der Waals surface area contributed by atoms with Gasteiger partial charge in [0.1, 0.15) is 6.04 Å². The van der Waals surface area contributed by atoms with E-state index in [0.29, 0.717) is 6.04 Å². The molecule has 0 aromatic rings. The maximum absolute atomic E-state index is 11.3. The first-order valence-electron chi connectivity index (χ1n) is 6.28. The van der Waals surface area contributed by atoms with Crippen molar-refractivity contribution in [1.82, 2.24) is 10.2 Å². The highest BCUT2D eigenvalue weighted by molar-refractivity contribution is 5.75. The molecule has 0 radical (unpaired) electrons. The highest BCUT2D eigenvalue weighted by Gasteiger charge is 2.32. The Morgan fingerprint density at radius 3 is 2.44 bits per heavy atom. The molecule has 0 aromatic heterocycles. The molecular weight excluding hydrogens is 204 g/mol. The van der Waals surface area contributed by atoms with Crippen molar-refractivity contribution >= 4 is 5.97 Å². The van der Waals surface area contributed by atoms with Crippen molar-refractivity contribution in [2.75, 3.05) is 20.2 Å². The second-order valence-corrected chi connectivity index (χ2v) is 4.95. The SMILES string of the molecule is COC(=O)C(C)NC1CCN(C2CC2)CC1. The molecule has 1 saturated heterocycles. The van der Waals surface area contributed by atoms with Crippen LogP contribution < -0.4 is 5.32 Å². The summed E-state index contributed by atoms with van der Waals surface area (Å²) in [6.45, 7) is 4.23. The van der Waals surface area contributed by atoms with E-state index in [1.807, 2.05) is 6.92 Å². The van der Waals surface area contributed by atoms with E-state index in [0.717, 1.165) is 18.9 Å². The van der Waals surface area contributed by atoms with E-state index in [4.69, 9.17) is 4.74 Å². The van der Waals surface area contributed by atoms with Gasteiger partial charge >= 0.3 is 5.97 Å². The number of methoxy groups -OCH3 is 1. The number of hydrogen-bond donors (Lipinski definition) is 1. The predicted molar refractivity (Wildman–Crippen MR) is 62.2 cm³/mol. The van der Waals surface area contributed by atoms with Crippen LogP contribution in [-0.2, 0) is 9.53 Å². The van der Waals surface area contributed by atoms with Crippen LogP contribution in [0, 0.1) is 0 Å². The second kappa shape index (κ2) is 5.15. The van der Waals surface area contributed by atoms with Gasteiger partial charge in [-0.3, -0.25) is 4.79 Å². The molecule has 1 unspecified atom stereocenters. The Morgan fingerprint density at radius 1 is 1.31 bits per heavy atom. The van der Waals surface area contributed by atoms with Gasteiger partial charge in [-0.15, -0.1) is 0 Å². The van der Waals surface area contributed by atoms with Crippen LogP contribution in [0.1, 0.15) is 32.6 Å². The van der Waals surface area contributed by atoms with Gasteiger partial charge in [0.15, 0.2) is 0 Å². The molecule has 1 aliphatic heterocycles. The number of nitrogens with zero attached hydrogens (tertiary/aromatic N) is 1. The molecule has 92 valence electrons. The third kappa shape index (κ3) is 2.95. The summed E-state index contributed by atoms with van der Waals surface area (Å²) in [6.07, 6.45) is 5.07. The van der Waals surface area contributed by atoms with Crippen molar-refractivity contribution in [3.05, 3.63) is 0 Å². The van der Waals surface area contributed by atoms with Crippen molar-refractivity contribution in [3.8, 4) is 0 Å². The fourth-order valence-electron chi connectivity index (χ4n) is 2.47. The van der Waals surface area contributed by atoms with Crippen LogP contribution in [0.4, 0.5) is 0 Å². The molecule has 1 heterocycles. The van der Waals surface area contributed by atoms with Crippen LogP contribution in [0.2, 0.25) is 0 Å². The fourth-order valence-corrected chi connectivity index (χ4v) is 2.47. The largest absolute Gasteiger partial charge is 0.468 e. The lowest BCUT2D eigenvalue weighted by Crippen LogP contribution is -2.48. The molecule has 1 saturated carbocycles. The zero-order valence-corrected chi connectivity index (χ0v) is 10.2. The summed E-state index contributed by atoms with van der Waals surface area (Å²) in [6, 6.07) is 1.17. The summed E-state index contributed by atoms with van der Waals surface area (Å²) >= 11 is 0. The van der Waals surface area contributed by atoms with Gasteiger partial charge in [-0.2, -0.15) is 0 Å². The van der Waals surface area contributed by atoms with E-state index in [1.165, 1.54) is 33.0 Å². The monoisotopic (exact) mass is 226 g/mol. The molecular formula is C12H22N2O2. The summed E-state index contributed by atoms with van der Waals surface area (Å²) in [5, 5.41) is 3.35. The van der Waals surface area contributed by atoms with E-state index in [2.05, 4.69) is 10.2 Å². The van der Waals surface area contributed by atoms with Gasteiger partial charge < -0.3 is 15.0 Å². The van der Waals surface area contributed by atoms with Crippen LogP contribution >= 0.6 is 0 Å². The Kier molecular flexibility index (Phi) is 3.82. The van der Waals surface area contributed by atoms with E-state index in [9.17, 15) is 4.79 Å². The molecule has 1 aliphatic carbocycles. The van der Waals surface area contributed by atoms with Gasteiger partial charge in [0.2, 0.25) is 0 Å². The summed E-state index contributed by atoms with van der Waals surface area (Å²) in [5.41, 5.74) is 0. The first kappa shape index (κ1) is 11.9. The van der Waals surface area contributed by atoms with Gasteiger partial charge in [-0.05, 0) is 45.7 Å². The molecule has 2 rings (SSSR count). The van der Waals surface area contributed by atoms with Crippen molar-refractivity contribution < 1.29 is 9.53 Å². The Balaban J connectivity index is 1.69. The smallest absolute Gasteiger partial charge is 0.322 e. The second-order valence-electron chi connectivity index (χ2n) is 4.95. The lowest BCUT2D eigenvalue weighted by Gasteiger charge is -2.33. The average molecular weight is 226 g/mol. The first-order valence-corrected chi connectivity index (χ1v) is 6.28. The number of hydrogen-bond acceptors (Lipinski definition) is 4. The summed E-state index contributed by atoms with van der Waals surface area (Å²) in [7, 11) is 1.44. The van der Waals surface area contributed by atoms with Crippen LogP contribution in [0.25, 0.3) is 0 Å². The third-order valence-corrected chi connectivity index (χ3v) is 3.63. The van der Waals surface area contributed by atoms with Gasteiger partial charge in [-0.1, -0.05) is 0 Å². The molecule has 4 heteroatoms. The van der Waals surface area contributed by atoms with Crippen LogP contribution in [0.5, 0.6) is 0 Å². The van der Waals surface area contributed by atoms with Crippen molar-refractivity contribution in [1.29, 1.82) is 0 Å². The Labute approximate surface area is 97.3 Å². The number of ether oxygens (including phenoxy) is 1. The van der Waals surface area contributed by atoms with Crippen LogP contribution in [-0.4, -0.2) is 49.2 Å². The highest BCUT2D eigenvalue weighted by Crippen LogP contribution is 2.29. The number of likely N-dealkylation sites (tertiary alicyclic amines) is 1. The maximum Gasteiger partial charge on any atom is 0.322 e. The summed E-state index contributed by atoms with van der Waals surface area (Å²) < 4.78 is 4.71. The van der Waals surface area contributed by atoms with Crippen LogP contribution in [0.3, 0.4) is 0 Å². The molecule has 0 spiro atoms. The van der Waals surface area contributed by atoms with E-state index < -0.39 is 0 Å². The molecule has 2 aliphatic rings. The van der Waals surface area contributed by atoms with Crippen molar-refractivity contribution in [3.63, 3.8) is 0 Å². The zero-order chi connectivity index (χ0) is 11.5. The predicted octanol–water partition coefficient (Wildman–Crippen LogP) is 0.764. The minimum Gasteiger partial charge on any atom is -0.468 e. The van der Waals surface area contributed by atoms with E-state index in [-0.39, 0.29) is 12.0 Å². The minimum absolute atomic E-state index is 0.162. The molecule has 4 nitrogen and oxygen atoms in total. The topological polar surface area (TPSA) is 41.6 Å². The zero-order valence-electron chi connectivity index (χ0n) is 10.2. The lowest BCUT2D eigenvalue weighted by atomic mass is 10.0. The average Bonchev–Trinajstić information content (AvgIpc) is 3.13. The van der Waals surface area contributed by atoms with Crippen molar-refractivity contribution in [2.45, 2.75) is 50.7 Å². The normalized spacial score (nSPS) is 25.4. The van der Waals surface area contributed by atoms with Gasteiger partial charge in [0, 0.05) is 12.1 Å². The number of esters is 1. The summed E-state index contributed by atoms with van der Waals surface area (Å²) in [5.74, 6) is -0.162. The molecule has 0 amide bonds. The van der Waals surface area contributed by atoms with E-state index in [1.54, 1.807) is 0 Å². The highest BCUT2D eigenvalue weighted by atomic mass is 16.5. The fraction of sp³-hybridized carbons (Fsp3) is 0.917. The first-order chi connectivity index (χ1) is 7.70.